The highest BCUT2D eigenvalue weighted by Gasteiger charge is 2.15. The molecule has 8 heteroatoms. The molecule has 0 saturated carbocycles. The third kappa shape index (κ3) is 8.48. The molecule has 40 heavy (non-hydrogen) atoms. The molecular formula is C32H36O6S2. The zero-order chi connectivity index (χ0) is 28.6. The van der Waals surface area contributed by atoms with E-state index in [1.54, 1.807) is 48.5 Å². The van der Waals surface area contributed by atoms with E-state index in [0.29, 0.717) is 12.8 Å². The molecule has 0 saturated heterocycles. The van der Waals surface area contributed by atoms with Gasteiger partial charge in [-0.2, -0.15) is 16.8 Å². The molecule has 6 nitrogen and oxygen atoms in total. The van der Waals surface area contributed by atoms with Crippen molar-refractivity contribution in [1.29, 1.82) is 0 Å². The number of hydrogen-bond donors (Lipinski definition) is 0. The van der Waals surface area contributed by atoms with Gasteiger partial charge in [-0.05, 0) is 98.5 Å². The number of hydrogen-bond acceptors (Lipinski definition) is 6. The maximum Gasteiger partial charge on any atom is 0.296 e. The Morgan fingerprint density at radius 3 is 1.30 bits per heavy atom. The summed E-state index contributed by atoms with van der Waals surface area (Å²) in [6.07, 6.45) is 4.60. The lowest BCUT2D eigenvalue weighted by Crippen LogP contribution is -2.08. The fourth-order valence-corrected chi connectivity index (χ4v) is 6.29. The average Bonchev–Trinajstić information content (AvgIpc) is 2.93. The second kappa shape index (κ2) is 13.5. The van der Waals surface area contributed by atoms with E-state index in [2.05, 4.69) is 36.4 Å². The molecular weight excluding hydrogens is 544 g/mol. The van der Waals surface area contributed by atoms with Crippen molar-refractivity contribution >= 4 is 31.0 Å². The fourth-order valence-electron chi connectivity index (χ4n) is 4.40. The molecule has 0 amide bonds. The van der Waals surface area contributed by atoms with Gasteiger partial charge in [0.2, 0.25) is 0 Å². The summed E-state index contributed by atoms with van der Waals surface area (Å²) in [5.74, 6) is 0. The van der Waals surface area contributed by atoms with Crippen LogP contribution in [0.25, 0.3) is 10.8 Å². The minimum atomic E-state index is -3.73. The van der Waals surface area contributed by atoms with E-state index in [4.69, 9.17) is 8.37 Å². The van der Waals surface area contributed by atoms with E-state index < -0.39 is 20.2 Å². The number of rotatable bonds is 14. The third-order valence-electron chi connectivity index (χ3n) is 6.78. The number of unbranched alkanes of at least 4 members (excludes halogenated alkanes) is 2. The van der Waals surface area contributed by atoms with E-state index in [1.807, 2.05) is 13.8 Å². The zero-order valence-electron chi connectivity index (χ0n) is 23.0. The number of benzene rings is 4. The molecule has 0 aromatic heterocycles. The number of fused-ring (bicyclic) bond motifs is 1. The van der Waals surface area contributed by atoms with Crippen molar-refractivity contribution in [2.75, 3.05) is 13.2 Å². The highest BCUT2D eigenvalue weighted by Crippen LogP contribution is 2.21. The van der Waals surface area contributed by atoms with Crippen LogP contribution in [0.2, 0.25) is 0 Å². The molecule has 0 radical (unpaired) electrons. The van der Waals surface area contributed by atoms with Crippen molar-refractivity contribution < 1.29 is 25.2 Å². The summed E-state index contributed by atoms with van der Waals surface area (Å²) < 4.78 is 59.7. The Labute approximate surface area is 238 Å². The molecule has 0 spiro atoms. The molecule has 4 rings (SSSR count). The summed E-state index contributed by atoms with van der Waals surface area (Å²) in [6.45, 7) is 4.13. The van der Waals surface area contributed by atoms with Gasteiger partial charge in [0.15, 0.2) is 0 Å². The normalized spacial score (nSPS) is 12.2. The van der Waals surface area contributed by atoms with Crippen molar-refractivity contribution in [3.8, 4) is 0 Å². The summed E-state index contributed by atoms with van der Waals surface area (Å²) in [4.78, 5) is 0.367. The molecule has 0 bridgehead atoms. The SMILES string of the molecule is Cc1ccc(S(=O)(=O)OCCCCc2ccc3ccc(CCCCOS(=O)(=O)c4ccc(C)cc4)cc3c2)cc1. The molecule has 0 aliphatic rings. The van der Waals surface area contributed by atoms with Gasteiger partial charge >= 0.3 is 0 Å². The van der Waals surface area contributed by atoms with Gasteiger partial charge in [-0.1, -0.05) is 71.8 Å². The Morgan fingerprint density at radius 1 is 0.500 bits per heavy atom. The van der Waals surface area contributed by atoms with Gasteiger partial charge in [0.05, 0.1) is 23.0 Å². The van der Waals surface area contributed by atoms with Crippen LogP contribution < -0.4 is 0 Å². The Bertz CT molecular complexity index is 1510. The van der Waals surface area contributed by atoms with Gasteiger partial charge in [-0.15, -0.1) is 0 Å². The highest BCUT2D eigenvalue weighted by atomic mass is 32.2. The molecule has 0 atom stereocenters. The molecule has 0 aliphatic heterocycles. The van der Waals surface area contributed by atoms with Crippen LogP contribution in [-0.2, 0) is 41.4 Å². The fraction of sp³-hybridized carbons (Fsp3) is 0.312. The number of aryl methyl sites for hydroxylation is 4. The van der Waals surface area contributed by atoms with E-state index in [-0.39, 0.29) is 23.0 Å². The van der Waals surface area contributed by atoms with Gasteiger partial charge in [-0.3, -0.25) is 8.37 Å². The molecule has 212 valence electrons. The first kappa shape index (κ1) is 29.9. The van der Waals surface area contributed by atoms with Gasteiger partial charge in [-0.25, -0.2) is 0 Å². The minimum absolute atomic E-state index is 0.157. The van der Waals surface area contributed by atoms with Gasteiger partial charge in [0, 0.05) is 0 Å². The summed E-state index contributed by atoms with van der Waals surface area (Å²) >= 11 is 0. The van der Waals surface area contributed by atoms with E-state index >= 15 is 0 Å². The first-order valence-corrected chi connectivity index (χ1v) is 16.4. The van der Waals surface area contributed by atoms with Gasteiger partial charge < -0.3 is 0 Å². The van der Waals surface area contributed by atoms with E-state index in [1.165, 1.54) is 11.1 Å². The Kier molecular flexibility index (Phi) is 10.1. The largest absolute Gasteiger partial charge is 0.296 e. The Morgan fingerprint density at radius 2 is 0.900 bits per heavy atom. The molecule has 0 unspecified atom stereocenters. The molecule has 4 aromatic carbocycles. The van der Waals surface area contributed by atoms with Gasteiger partial charge in [0.25, 0.3) is 20.2 Å². The lowest BCUT2D eigenvalue weighted by atomic mass is 9.99. The van der Waals surface area contributed by atoms with Crippen molar-refractivity contribution in [3.63, 3.8) is 0 Å². The quantitative estimate of drug-likeness (QED) is 0.119. The Hall–Kier alpha value is -3.04. The lowest BCUT2D eigenvalue weighted by Gasteiger charge is -2.08. The molecule has 4 aromatic rings. The predicted octanol–water partition coefficient (Wildman–Crippen LogP) is 6.91. The molecule has 0 aliphatic carbocycles. The first-order valence-electron chi connectivity index (χ1n) is 13.6. The topological polar surface area (TPSA) is 86.7 Å². The summed E-state index contributed by atoms with van der Waals surface area (Å²) in [5, 5.41) is 2.32. The van der Waals surface area contributed by atoms with E-state index in [0.717, 1.165) is 47.6 Å². The summed E-state index contributed by atoms with van der Waals surface area (Å²) in [6, 6.07) is 26.1. The predicted molar refractivity (Wildman–Crippen MR) is 158 cm³/mol. The van der Waals surface area contributed by atoms with Crippen LogP contribution in [0.1, 0.15) is 47.9 Å². The monoisotopic (exact) mass is 580 g/mol. The van der Waals surface area contributed by atoms with Crippen LogP contribution >= 0.6 is 0 Å². The summed E-state index contributed by atoms with van der Waals surface area (Å²) in [7, 11) is -7.45. The second-order valence-electron chi connectivity index (χ2n) is 10.1. The smallest absolute Gasteiger partial charge is 0.266 e. The Balaban J connectivity index is 1.21. The first-order chi connectivity index (χ1) is 19.1. The van der Waals surface area contributed by atoms with Gasteiger partial charge in [0.1, 0.15) is 0 Å². The standard InChI is InChI=1S/C32H36O6S2/c1-25-9-17-31(18-10-25)39(33,34)37-21-5-3-7-27-13-15-29-16-14-28(24-30(29)23-27)8-4-6-22-38-40(35,36)32-19-11-26(2)12-20-32/h9-20,23-24H,3-8,21-22H2,1-2H3. The zero-order valence-corrected chi connectivity index (χ0v) is 24.6. The van der Waals surface area contributed by atoms with Crippen LogP contribution in [0, 0.1) is 13.8 Å². The van der Waals surface area contributed by atoms with Crippen LogP contribution in [0.5, 0.6) is 0 Å². The van der Waals surface area contributed by atoms with Crippen molar-refractivity contribution in [3.05, 3.63) is 107 Å². The lowest BCUT2D eigenvalue weighted by molar-refractivity contribution is 0.308. The summed E-state index contributed by atoms with van der Waals surface area (Å²) in [5.41, 5.74) is 4.39. The van der Waals surface area contributed by atoms with E-state index in [9.17, 15) is 16.8 Å². The minimum Gasteiger partial charge on any atom is -0.266 e. The maximum absolute atomic E-state index is 12.3. The van der Waals surface area contributed by atoms with Crippen LogP contribution in [0.15, 0.2) is 94.7 Å². The molecule has 0 fully saturated rings. The maximum atomic E-state index is 12.3. The van der Waals surface area contributed by atoms with Crippen LogP contribution in [0.3, 0.4) is 0 Å². The van der Waals surface area contributed by atoms with Crippen molar-refractivity contribution in [2.24, 2.45) is 0 Å². The average molecular weight is 581 g/mol. The second-order valence-corrected chi connectivity index (χ2v) is 13.3. The molecule has 0 N–H and O–H groups in total. The van der Waals surface area contributed by atoms with Crippen molar-refractivity contribution in [1.82, 2.24) is 0 Å². The van der Waals surface area contributed by atoms with Crippen LogP contribution in [-0.4, -0.2) is 30.0 Å². The molecule has 0 heterocycles. The third-order valence-corrected chi connectivity index (χ3v) is 9.44. The van der Waals surface area contributed by atoms with Crippen molar-refractivity contribution in [2.45, 2.75) is 62.2 Å². The highest BCUT2D eigenvalue weighted by molar-refractivity contribution is 7.87. The van der Waals surface area contributed by atoms with Crippen LogP contribution in [0.4, 0.5) is 0 Å².